The van der Waals surface area contributed by atoms with Crippen LogP contribution in [0.4, 0.5) is 0 Å². The third-order valence-electron chi connectivity index (χ3n) is 7.65. The Morgan fingerprint density at radius 2 is 1.58 bits per heavy atom. The molecule has 1 amide bonds. The predicted molar refractivity (Wildman–Crippen MR) is 168 cm³/mol. The van der Waals surface area contributed by atoms with Crippen molar-refractivity contribution in [2.75, 3.05) is 7.11 Å². The number of benzene rings is 4. The number of ether oxygens (including phenoxy) is 2. The Bertz CT molecular complexity index is 1780. The van der Waals surface area contributed by atoms with Crippen molar-refractivity contribution in [2.24, 2.45) is 0 Å². The number of hydrogen-bond acceptors (Lipinski definition) is 4. The van der Waals surface area contributed by atoms with Crippen LogP contribution in [0.15, 0.2) is 132 Å². The van der Waals surface area contributed by atoms with E-state index < -0.39 is 0 Å². The lowest BCUT2D eigenvalue weighted by atomic mass is 9.87. The molecule has 1 unspecified atom stereocenters. The highest BCUT2D eigenvalue weighted by Gasteiger charge is 2.24. The lowest BCUT2D eigenvalue weighted by Crippen LogP contribution is -2.24. The number of nitrogens with zero attached hydrogens (tertiary/aromatic N) is 1. The largest absolute Gasteiger partial charge is 0.493 e. The minimum Gasteiger partial charge on any atom is -0.493 e. The van der Waals surface area contributed by atoms with Crippen LogP contribution in [0.5, 0.6) is 11.5 Å². The smallest absolute Gasteiger partial charge is 0.221 e. The molecule has 0 radical (unpaired) electrons. The van der Waals surface area contributed by atoms with Gasteiger partial charge in [-0.05, 0) is 52.6 Å². The molecule has 1 N–H and O–H groups in total. The summed E-state index contributed by atoms with van der Waals surface area (Å²) >= 11 is 0. The molecule has 0 spiro atoms. The second-order valence-corrected chi connectivity index (χ2v) is 10.5. The summed E-state index contributed by atoms with van der Waals surface area (Å²) in [4.78, 5) is 13.4. The Morgan fingerprint density at radius 3 is 2.33 bits per heavy atom. The van der Waals surface area contributed by atoms with Crippen molar-refractivity contribution in [3.05, 3.63) is 156 Å². The van der Waals surface area contributed by atoms with Crippen LogP contribution < -0.4 is 14.8 Å². The van der Waals surface area contributed by atoms with Crippen molar-refractivity contribution < 1.29 is 18.7 Å². The first kappa shape index (κ1) is 27.9. The molecule has 0 saturated carbocycles. The number of amides is 1. The van der Waals surface area contributed by atoms with Crippen LogP contribution in [-0.4, -0.2) is 17.6 Å². The Kier molecular flexibility index (Phi) is 8.55. The maximum atomic E-state index is 13.4. The van der Waals surface area contributed by atoms with Gasteiger partial charge in [-0.1, -0.05) is 84.9 Å². The normalized spacial score (nSPS) is 11.7. The summed E-state index contributed by atoms with van der Waals surface area (Å²) in [5, 5.41) is 4.15. The van der Waals surface area contributed by atoms with E-state index >= 15 is 0 Å². The first-order valence-electron chi connectivity index (χ1n) is 14.4. The van der Waals surface area contributed by atoms with E-state index in [1.54, 1.807) is 13.4 Å². The van der Waals surface area contributed by atoms with Gasteiger partial charge in [0, 0.05) is 36.0 Å². The van der Waals surface area contributed by atoms with E-state index in [1.807, 2.05) is 66.7 Å². The van der Waals surface area contributed by atoms with Crippen LogP contribution >= 0.6 is 0 Å². The molecule has 0 saturated heterocycles. The number of carbonyl (C=O) groups is 1. The van der Waals surface area contributed by atoms with E-state index in [2.05, 4.69) is 64.6 Å². The quantitative estimate of drug-likeness (QED) is 0.164. The molecule has 4 aromatic carbocycles. The first-order chi connectivity index (χ1) is 21.2. The number of furan rings is 1. The van der Waals surface area contributed by atoms with Crippen LogP contribution in [0, 0.1) is 0 Å². The molecule has 0 fully saturated rings. The fourth-order valence-electron chi connectivity index (χ4n) is 5.49. The molecular formula is C37H34N2O4. The number of hydrogen-bond donors (Lipinski definition) is 1. The molecule has 0 bridgehead atoms. The molecule has 2 heterocycles. The maximum absolute atomic E-state index is 13.4. The Morgan fingerprint density at radius 1 is 0.837 bits per heavy atom. The van der Waals surface area contributed by atoms with Crippen molar-refractivity contribution >= 4 is 16.8 Å². The van der Waals surface area contributed by atoms with Gasteiger partial charge in [0.2, 0.25) is 5.91 Å². The topological polar surface area (TPSA) is 65.6 Å². The molecule has 6 rings (SSSR count). The number of carbonyl (C=O) groups excluding carboxylic acids is 1. The average Bonchev–Trinajstić information content (AvgIpc) is 3.71. The molecule has 2 aromatic heterocycles. The summed E-state index contributed by atoms with van der Waals surface area (Å²) in [6.45, 7) is 1.47. The van der Waals surface area contributed by atoms with E-state index in [9.17, 15) is 4.79 Å². The zero-order valence-electron chi connectivity index (χ0n) is 24.1. The molecular weight excluding hydrogens is 536 g/mol. The van der Waals surface area contributed by atoms with E-state index in [0.29, 0.717) is 30.4 Å². The summed E-state index contributed by atoms with van der Waals surface area (Å²) in [6.07, 6.45) is 4.06. The van der Waals surface area contributed by atoms with Crippen molar-refractivity contribution in [1.82, 2.24) is 9.88 Å². The first-order valence-corrected chi connectivity index (χ1v) is 14.4. The molecule has 6 nitrogen and oxygen atoms in total. The Labute approximate surface area is 251 Å². The number of fused-ring (bicyclic) bond motifs is 1. The number of nitrogens with one attached hydrogen (secondary N) is 1. The summed E-state index contributed by atoms with van der Waals surface area (Å²) < 4.78 is 19.6. The van der Waals surface area contributed by atoms with Crippen molar-refractivity contribution in [2.45, 2.75) is 32.0 Å². The average molecular weight is 571 g/mol. The van der Waals surface area contributed by atoms with Crippen molar-refractivity contribution in [1.29, 1.82) is 0 Å². The molecule has 6 heteroatoms. The molecule has 216 valence electrons. The Balaban J connectivity index is 1.37. The van der Waals surface area contributed by atoms with Gasteiger partial charge in [-0.15, -0.1) is 0 Å². The third-order valence-corrected chi connectivity index (χ3v) is 7.65. The molecule has 6 aromatic rings. The molecule has 43 heavy (non-hydrogen) atoms. The highest BCUT2D eigenvalue weighted by molar-refractivity contribution is 5.87. The van der Waals surface area contributed by atoms with Gasteiger partial charge in [0.05, 0.1) is 19.9 Å². The van der Waals surface area contributed by atoms with Gasteiger partial charge in [-0.2, -0.15) is 0 Å². The zero-order valence-corrected chi connectivity index (χ0v) is 24.1. The minimum atomic E-state index is -0.233. The SMILES string of the molecule is COc1ccc(C(CC(=O)NCc2ccco2)c2cn(Cc3ccccc3)c3ccccc23)cc1OCc1ccccc1. The molecule has 0 aliphatic rings. The second-order valence-electron chi connectivity index (χ2n) is 10.5. The van der Waals surface area contributed by atoms with Gasteiger partial charge in [0.1, 0.15) is 12.4 Å². The Hall–Kier alpha value is -5.23. The van der Waals surface area contributed by atoms with Gasteiger partial charge in [-0.25, -0.2) is 0 Å². The van der Waals surface area contributed by atoms with Gasteiger partial charge in [0.15, 0.2) is 11.5 Å². The lowest BCUT2D eigenvalue weighted by molar-refractivity contribution is -0.121. The fraction of sp³-hybridized carbons (Fsp3) is 0.162. The minimum absolute atomic E-state index is 0.0659. The summed E-state index contributed by atoms with van der Waals surface area (Å²) in [5.41, 5.74) is 5.45. The van der Waals surface area contributed by atoms with E-state index in [0.717, 1.165) is 34.1 Å². The second kappa shape index (κ2) is 13.2. The predicted octanol–water partition coefficient (Wildman–Crippen LogP) is 7.71. The van der Waals surface area contributed by atoms with Crippen molar-refractivity contribution in [3.63, 3.8) is 0 Å². The zero-order chi connectivity index (χ0) is 29.4. The number of para-hydroxylation sites is 1. The van der Waals surface area contributed by atoms with Crippen LogP contribution in [0.3, 0.4) is 0 Å². The summed E-state index contributed by atoms with van der Waals surface area (Å²) in [7, 11) is 1.64. The number of methoxy groups -OCH3 is 1. The number of aromatic nitrogens is 1. The molecule has 0 aliphatic heterocycles. The molecule has 0 aliphatic carbocycles. The van der Waals surface area contributed by atoms with Crippen LogP contribution in [0.1, 0.15) is 40.4 Å². The van der Waals surface area contributed by atoms with Gasteiger partial charge in [0.25, 0.3) is 0 Å². The van der Waals surface area contributed by atoms with E-state index in [1.165, 1.54) is 5.56 Å². The van der Waals surface area contributed by atoms with E-state index in [-0.39, 0.29) is 18.2 Å². The van der Waals surface area contributed by atoms with Crippen LogP contribution in [-0.2, 0) is 24.5 Å². The fourth-order valence-corrected chi connectivity index (χ4v) is 5.49. The maximum Gasteiger partial charge on any atom is 0.221 e. The van der Waals surface area contributed by atoms with Crippen LogP contribution in [0.25, 0.3) is 10.9 Å². The highest BCUT2D eigenvalue weighted by Crippen LogP contribution is 2.39. The third kappa shape index (κ3) is 6.65. The summed E-state index contributed by atoms with van der Waals surface area (Å²) in [6, 6.07) is 38.5. The van der Waals surface area contributed by atoms with Gasteiger partial charge in [-0.3, -0.25) is 4.79 Å². The highest BCUT2D eigenvalue weighted by atomic mass is 16.5. The standard InChI is InChI=1S/C37H34N2O4/c1-41-35-19-18-29(21-36(35)43-26-28-13-6-3-7-14-28)32(22-37(40)38-23-30-15-10-20-42-30)33-25-39(24-27-11-4-2-5-12-27)34-17-9-8-16-31(33)34/h2-21,25,32H,22-24,26H2,1H3,(H,38,40). The van der Waals surface area contributed by atoms with Gasteiger partial charge >= 0.3 is 0 Å². The lowest BCUT2D eigenvalue weighted by Gasteiger charge is -2.20. The summed E-state index contributed by atoms with van der Waals surface area (Å²) in [5.74, 6) is 1.70. The number of rotatable bonds is 12. The molecule has 1 atom stereocenters. The van der Waals surface area contributed by atoms with E-state index in [4.69, 9.17) is 13.9 Å². The van der Waals surface area contributed by atoms with Crippen molar-refractivity contribution in [3.8, 4) is 11.5 Å². The monoisotopic (exact) mass is 570 g/mol. The van der Waals surface area contributed by atoms with Crippen LogP contribution in [0.2, 0.25) is 0 Å². The van der Waals surface area contributed by atoms with Gasteiger partial charge < -0.3 is 23.8 Å².